The van der Waals surface area contributed by atoms with E-state index < -0.39 is 40.9 Å². The van der Waals surface area contributed by atoms with Crippen LogP contribution in [0.5, 0.6) is 0 Å². The molecule has 0 radical (unpaired) electrons. The Labute approximate surface area is 117 Å². The number of halogens is 8. The van der Waals surface area contributed by atoms with Crippen LogP contribution < -0.4 is 0 Å². The van der Waals surface area contributed by atoms with Gasteiger partial charge in [0.05, 0.1) is 0 Å². The highest BCUT2D eigenvalue weighted by atomic mass is 127. The van der Waals surface area contributed by atoms with Crippen LogP contribution in [0.25, 0.3) is 0 Å². The lowest BCUT2D eigenvalue weighted by Gasteiger charge is -2.31. The molecule has 112 valence electrons. The molecule has 19 heavy (non-hydrogen) atoms. The maximum absolute atomic E-state index is 13.2. The zero-order valence-electron chi connectivity index (χ0n) is 9.12. The Morgan fingerprint density at radius 2 is 1.58 bits per heavy atom. The van der Waals surface area contributed by atoms with E-state index in [1.54, 1.807) is 0 Å². The van der Waals surface area contributed by atoms with E-state index in [0.29, 0.717) is 6.08 Å². The molecule has 10 heteroatoms. The van der Waals surface area contributed by atoms with Crippen molar-refractivity contribution in [1.29, 1.82) is 0 Å². The number of carbonyl (C=O) groups is 1. The Kier molecular flexibility index (Phi) is 6.09. The van der Waals surface area contributed by atoms with Crippen LogP contribution in [0.15, 0.2) is 12.7 Å². The minimum Gasteiger partial charge on any atom is -0.461 e. The van der Waals surface area contributed by atoms with Crippen LogP contribution in [0.2, 0.25) is 0 Å². The Morgan fingerprint density at radius 1 is 1.16 bits per heavy atom. The van der Waals surface area contributed by atoms with E-state index in [1.807, 2.05) is 0 Å². The summed E-state index contributed by atoms with van der Waals surface area (Å²) in [6, 6.07) is 0. The predicted octanol–water partition coefficient (Wildman–Crippen LogP) is 3.74. The molecule has 0 fully saturated rings. The second kappa shape index (κ2) is 6.27. The Morgan fingerprint density at radius 3 is 1.89 bits per heavy atom. The van der Waals surface area contributed by atoms with Gasteiger partial charge in [0.15, 0.2) is 0 Å². The molecule has 0 aromatic rings. The third-order valence-electron chi connectivity index (χ3n) is 1.97. The van der Waals surface area contributed by atoms with Crippen molar-refractivity contribution < 1.29 is 40.3 Å². The average Bonchev–Trinajstić information content (AvgIpc) is 2.22. The molecule has 2 nitrogen and oxygen atoms in total. The second-order valence-corrected chi connectivity index (χ2v) is 5.19. The first-order valence-corrected chi connectivity index (χ1v) is 5.85. The van der Waals surface area contributed by atoms with Crippen molar-refractivity contribution in [3.05, 3.63) is 12.7 Å². The topological polar surface area (TPSA) is 26.3 Å². The van der Waals surface area contributed by atoms with Crippen molar-refractivity contribution in [2.45, 2.75) is 28.4 Å². The van der Waals surface area contributed by atoms with Gasteiger partial charge in [-0.2, -0.15) is 26.3 Å². The van der Waals surface area contributed by atoms with Crippen molar-refractivity contribution in [1.82, 2.24) is 0 Å². The van der Waals surface area contributed by atoms with E-state index in [-0.39, 0.29) is 0 Å². The maximum Gasteiger partial charge on any atom is 0.431 e. The van der Waals surface area contributed by atoms with Crippen LogP contribution in [0, 0.1) is 0 Å². The highest BCUT2D eigenvalue weighted by Gasteiger charge is 2.72. The molecule has 0 aliphatic heterocycles. The van der Waals surface area contributed by atoms with Crippen molar-refractivity contribution in [3.63, 3.8) is 0 Å². The van der Waals surface area contributed by atoms with Crippen LogP contribution in [0.4, 0.5) is 30.7 Å². The maximum atomic E-state index is 13.2. The van der Waals surface area contributed by atoms with Gasteiger partial charge in [0, 0.05) is 16.4 Å². The summed E-state index contributed by atoms with van der Waals surface area (Å²) in [6.07, 6.45) is -13.4. The first-order chi connectivity index (χ1) is 8.35. The largest absolute Gasteiger partial charge is 0.461 e. The summed E-state index contributed by atoms with van der Waals surface area (Å²) in [4.78, 5) is 10.6. The van der Waals surface area contributed by atoms with E-state index in [0.717, 1.165) is 22.6 Å². The molecule has 0 spiro atoms. The summed E-state index contributed by atoms with van der Waals surface area (Å²) in [6.45, 7) is 2.19. The van der Waals surface area contributed by atoms with E-state index >= 15 is 0 Å². The molecule has 0 saturated carbocycles. The Bertz CT molecular complexity index is 322. The van der Waals surface area contributed by atoms with Crippen LogP contribution in [-0.4, -0.2) is 34.5 Å². The molecule has 0 heterocycles. The van der Waals surface area contributed by atoms with Gasteiger partial charge in [0.2, 0.25) is 0 Å². The van der Waals surface area contributed by atoms with Crippen molar-refractivity contribution in [2.24, 2.45) is 0 Å². The molecule has 1 unspecified atom stereocenters. The first-order valence-electron chi connectivity index (χ1n) is 4.60. The summed E-state index contributed by atoms with van der Waals surface area (Å²) in [5.74, 6) is -1.02. The molecule has 0 aromatic heterocycles. The molecule has 0 saturated heterocycles. The molecule has 0 rings (SSSR count). The minimum absolute atomic E-state index is 0.680. The van der Waals surface area contributed by atoms with Crippen LogP contribution >= 0.6 is 22.6 Å². The molecule has 0 aliphatic rings. The molecular weight excluding hydrogens is 400 g/mol. The summed E-state index contributed by atoms with van der Waals surface area (Å²) in [5, 5.41) is 0. The minimum atomic E-state index is -6.10. The first kappa shape index (κ1) is 18.4. The van der Waals surface area contributed by atoms with Gasteiger partial charge in [-0.15, -0.1) is 0 Å². The Balaban J connectivity index is 4.87. The summed E-state index contributed by atoms with van der Waals surface area (Å²) >= 11 is 1.14. The molecule has 0 amide bonds. The van der Waals surface area contributed by atoms with Crippen molar-refractivity contribution in [3.8, 4) is 0 Å². The van der Waals surface area contributed by atoms with E-state index in [1.165, 1.54) is 0 Å². The molecular formula is C9H8F7IO2. The highest BCUT2D eigenvalue weighted by molar-refractivity contribution is 14.1. The van der Waals surface area contributed by atoms with Crippen molar-refractivity contribution in [2.75, 3.05) is 6.61 Å². The van der Waals surface area contributed by atoms with E-state index in [9.17, 15) is 35.5 Å². The number of alkyl halides is 8. The molecule has 0 N–H and O–H groups in total. The van der Waals surface area contributed by atoms with Crippen molar-refractivity contribution >= 4 is 28.6 Å². The molecule has 1 atom stereocenters. The highest BCUT2D eigenvalue weighted by Crippen LogP contribution is 2.49. The smallest absolute Gasteiger partial charge is 0.431 e. The normalized spacial score (nSPS) is 14.9. The molecule has 0 bridgehead atoms. The van der Waals surface area contributed by atoms with Gasteiger partial charge in [-0.05, 0) is 0 Å². The lowest BCUT2D eigenvalue weighted by molar-refractivity contribution is -0.343. The van der Waals surface area contributed by atoms with Gasteiger partial charge in [-0.1, -0.05) is 29.2 Å². The lowest BCUT2D eigenvalue weighted by Crippen LogP contribution is -2.54. The molecule has 0 aromatic carbocycles. The van der Waals surface area contributed by atoms with E-state index in [2.05, 4.69) is 11.3 Å². The van der Waals surface area contributed by atoms with E-state index in [4.69, 9.17) is 0 Å². The van der Waals surface area contributed by atoms with Gasteiger partial charge in [0.25, 0.3) is 5.67 Å². The quantitative estimate of drug-likeness (QED) is 0.228. The third kappa shape index (κ3) is 4.80. The number of hydrogen-bond acceptors (Lipinski definition) is 2. The standard InChI is InChI=1S/C9H8F7IO2/c1-2-6(18)19-4-5(17)3-7(10,8(11,12)13)9(14,15)16/h2,5H,1,3-4H2. The fraction of sp³-hybridized carbons (Fsp3) is 0.667. The van der Waals surface area contributed by atoms with Gasteiger partial charge in [-0.25, -0.2) is 9.18 Å². The second-order valence-electron chi connectivity index (χ2n) is 3.43. The van der Waals surface area contributed by atoms with Gasteiger partial charge in [0.1, 0.15) is 6.61 Å². The number of rotatable bonds is 5. The monoisotopic (exact) mass is 408 g/mol. The summed E-state index contributed by atoms with van der Waals surface area (Å²) in [5.41, 5.74) is -5.34. The fourth-order valence-electron chi connectivity index (χ4n) is 0.988. The third-order valence-corrected chi connectivity index (χ3v) is 2.77. The van der Waals surface area contributed by atoms with Crippen LogP contribution in [0.3, 0.4) is 0 Å². The van der Waals surface area contributed by atoms with Gasteiger partial charge < -0.3 is 4.74 Å². The fourth-order valence-corrected chi connectivity index (χ4v) is 1.77. The lowest BCUT2D eigenvalue weighted by atomic mass is 9.98. The van der Waals surface area contributed by atoms with Gasteiger partial charge in [-0.3, -0.25) is 0 Å². The zero-order chi connectivity index (χ0) is 15.5. The predicted molar refractivity (Wildman–Crippen MR) is 59.5 cm³/mol. The Hall–Kier alpha value is -0.550. The SMILES string of the molecule is C=CC(=O)OCC(I)CC(F)(C(F)(F)F)C(F)(F)F. The number of ether oxygens (including phenoxy) is 1. The average molecular weight is 408 g/mol. The summed E-state index contributed by atoms with van der Waals surface area (Å²) in [7, 11) is 0. The van der Waals surface area contributed by atoms with Crippen LogP contribution in [-0.2, 0) is 9.53 Å². The number of carbonyl (C=O) groups excluding carboxylic acids is 1. The summed E-state index contributed by atoms with van der Waals surface area (Å²) < 4.78 is 89.2. The zero-order valence-corrected chi connectivity index (χ0v) is 11.3. The number of esters is 1. The van der Waals surface area contributed by atoms with Crippen LogP contribution in [0.1, 0.15) is 6.42 Å². The van der Waals surface area contributed by atoms with Gasteiger partial charge >= 0.3 is 18.3 Å². The molecule has 0 aliphatic carbocycles. The number of hydrogen-bond donors (Lipinski definition) is 0.